The van der Waals surface area contributed by atoms with E-state index in [1.165, 1.54) is 19.4 Å². The molecule has 9 heteroatoms. The predicted molar refractivity (Wildman–Crippen MR) is 73.4 cm³/mol. The van der Waals surface area contributed by atoms with Gasteiger partial charge < -0.3 is 14.8 Å². The molecule has 1 aromatic rings. The first kappa shape index (κ1) is 15.6. The van der Waals surface area contributed by atoms with E-state index in [-0.39, 0.29) is 17.3 Å². The van der Waals surface area contributed by atoms with Crippen LogP contribution in [0, 0.1) is 10.1 Å². The smallest absolute Gasteiger partial charge is 0.319 e. The van der Waals surface area contributed by atoms with Crippen LogP contribution in [0.25, 0.3) is 0 Å². The van der Waals surface area contributed by atoms with Crippen LogP contribution in [0.5, 0.6) is 0 Å². The second-order valence-electron chi connectivity index (χ2n) is 4.63. The number of carbonyl (C=O) groups excluding carboxylic acids is 1. The van der Waals surface area contributed by atoms with Crippen LogP contribution in [0.4, 0.5) is 5.69 Å². The molecule has 1 saturated heterocycles. The van der Waals surface area contributed by atoms with Crippen molar-refractivity contribution in [2.75, 3.05) is 26.9 Å². The molecular formula is C12H14ClN3O5. The van der Waals surface area contributed by atoms with Crippen molar-refractivity contribution < 1.29 is 19.2 Å². The molecule has 1 aliphatic rings. The number of nitrogens with zero attached hydrogens (tertiary/aromatic N) is 2. The summed E-state index contributed by atoms with van der Waals surface area (Å²) in [6.07, 6.45) is 1.89. The van der Waals surface area contributed by atoms with E-state index in [9.17, 15) is 14.9 Å². The van der Waals surface area contributed by atoms with Crippen molar-refractivity contribution in [1.29, 1.82) is 0 Å². The number of aromatic nitrogens is 1. The molecule has 0 saturated carbocycles. The minimum Gasteiger partial charge on any atom is -0.378 e. The summed E-state index contributed by atoms with van der Waals surface area (Å²) in [7, 11) is 1.53. The van der Waals surface area contributed by atoms with Crippen molar-refractivity contribution >= 4 is 23.2 Å². The number of methoxy groups -OCH3 is 1. The molecule has 1 fully saturated rings. The van der Waals surface area contributed by atoms with Gasteiger partial charge in [-0.2, -0.15) is 0 Å². The molecule has 0 bridgehead atoms. The van der Waals surface area contributed by atoms with E-state index in [4.69, 9.17) is 21.1 Å². The van der Waals surface area contributed by atoms with Crippen molar-refractivity contribution in [1.82, 2.24) is 10.3 Å². The van der Waals surface area contributed by atoms with Gasteiger partial charge in [-0.05, 0) is 6.07 Å². The summed E-state index contributed by atoms with van der Waals surface area (Å²) in [5.41, 5.74) is -1.24. The summed E-state index contributed by atoms with van der Waals surface area (Å²) < 4.78 is 10.6. The molecule has 1 N–H and O–H groups in total. The lowest BCUT2D eigenvalue weighted by molar-refractivity contribution is -0.385. The van der Waals surface area contributed by atoms with Crippen molar-refractivity contribution in [2.24, 2.45) is 0 Å². The molecule has 1 aliphatic heterocycles. The van der Waals surface area contributed by atoms with Gasteiger partial charge in [0.1, 0.15) is 11.2 Å². The molecule has 114 valence electrons. The van der Waals surface area contributed by atoms with Gasteiger partial charge in [0.15, 0.2) is 0 Å². The molecule has 1 amide bonds. The predicted octanol–water partition coefficient (Wildman–Crippen LogP) is 1.18. The number of carbonyl (C=O) groups is 1. The zero-order chi connectivity index (χ0) is 15.5. The van der Waals surface area contributed by atoms with Gasteiger partial charge in [-0.15, -0.1) is 0 Å². The molecule has 0 spiro atoms. The van der Waals surface area contributed by atoms with E-state index in [1.807, 2.05) is 0 Å². The first-order chi connectivity index (χ1) is 9.99. The molecule has 1 unspecified atom stereocenters. The van der Waals surface area contributed by atoms with Crippen LogP contribution in [-0.4, -0.2) is 48.3 Å². The highest BCUT2D eigenvalue weighted by molar-refractivity contribution is 6.32. The van der Waals surface area contributed by atoms with E-state index in [2.05, 4.69) is 10.3 Å². The number of ether oxygens (including phenoxy) is 2. The summed E-state index contributed by atoms with van der Waals surface area (Å²) in [4.78, 5) is 26.0. The van der Waals surface area contributed by atoms with Crippen molar-refractivity contribution in [3.63, 3.8) is 0 Å². The van der Waals surface area contributed by atoms with Gasteiger partial charge in [0, 0.05) is 32.9 Å². The number of hydrogen-bond acceptors (Lipinski definition) is 6. The van der Waals surface area contributed by atoms with E-state index in [0.29, 0.717) is 19.6 Å². The maximum Gasteiger partial charge on any atom is 0.319 e. The minimum absolute atomic E-state index is 0.134. The summed E-state index contributed by atoms with van der Waals surface area (Å²) in [6, 6.07) is 1.25. The Balaban J connectivity index is 2.14. The van der Waals surface area contributed by atoms with E-state index in [0.717, 1.165) is 0 Å². The van der Waals surface area contributed by atoms with Crippen LogP contribution < -0.4 is 5.32 Å². The van der Waals surface area contributed by atoms with E-state index < -0.39 is 22.1 Å². The second kappa shape index (κ2) is 6.33. The Morgan fingerprint density at radius 2 is 2.48 bits per heavy atom. The summed E-state index contributed by atoms with van der Waals surface area (Å²) >= 11 is 5.67. The molecule has 0 aromatic carbocycles. The van der Waals surface area contributed by atoms with Gasteiger partial charge in [0.05, 0.1) is 11.5 Å². The lowest BCUT2D eigenvalue weighted by Crippen LogP contribution is -2.45. The number of hydrogen-bond donors (Lipinski definition) is 1. The Morgan fingerprint density at radius 1 is 1.71 bits per heavy atom. The average molecular weight is 316 g/mol. The molecule has 21 heavy (non-hydrogen) atoms. The number of nitro groups is 1. The lowest BCUT2D eigenvalue weighted by Gasteiger charge is -2.25. The maximum atomic E-state index is 12.1. The van der Waals surface area contributed by atoms with Crippen molar-refractivity contribution in [3.8, 4) is 0 Å². The molecule has 2 rings (SSSR count). The summed E-state index contributed by atoms with van der Waals surface area (Å²) in [5.74, 6) is -0.602. The molecule has 0 radical (unpaired) electrons. The first-order valence-electron chi connectivity index (χ1n) is 6.19. The molecule has 8 nitrogen and oxygen atoms in total. The molecular weight excluding hydrogens is 302 g/mol. The monoisotopic (exact) mass is 315 g/mol. The highest BCUT2D eigenvalue weighted by Gasteiger charge is 2.36. The third-order valence-corrected chi connectivity index (χ3v) is 3.65. The highest BCUT2D eigenvalue weighted by Crippen LogP contribution is 2.26. The topological polar surface area (TPSA) is 104 Å². The van der Waals surface area contributed by atoms with Gasteiger partial charge in [-0.1, -0.05) is 11.6 Å². The molecule has 1 atom stereocenters. The third-order valence-electron chi connectivity index (χ3n) is 3.38. The number of amides is 1. The summed E-state index contributed by atoms with van der Waals surface area (Å²) in [5, 5.41) is 13.3. The van der Waals surface area contributed by atoms with Crippen LogP contribution in [0.3, 0.4) is 0 Å². The van der Waals surface area contributed by atoms with Gasteiger partial charge in [0.2, 0.25) is 5.15 Å². The normalized spacial score (nSPS) is 21.2. The number of nitrogens with one attached hydrogen (secondary N) is 1. The minimum atomic E-state index is -0.727. The van der Waals surface area contributed by atoms with Crippen LogP contribution in [0.1, 0.15) is 16.8 Å². The highest BCUT2D eigenvalue weighted by atomic mass is 35.5. The fourth-order valence-electron chi connectivity index (χ4n) is 2.08. The van der Waals surface area contributed by atoms with E-state index >= 15 is 0 Å². The Hall–Kier alpha value is -1.77. The number of rotatable bonds is 5. The Labute approximate surface area is 125 Å². The Kier molecular flexibility index (Phi) is 4.71. The summed E-state index contributed by atoms with van der Waals surface area (Å²) in [6.45, 7) is 1.10. The molecule has 0 aliphatic carbocycles. The second-order valence-corrected chi connectivity index (χ2v) is 4.99. The Bertz CT molecular complexity index is 560. The maximum absolute atomic E-state index is 12.1. The molecule has 1 aromatic heterocycles. The van der Waals surface area contributed by atoms with Crippen LogP contribution in [0.15, 0.2) is 12.3 Å². The van der Waals surface area contributed by atoms with Gasteiger partial charge in [-0.3, -0.25) is 14.9 Å². The van der Waals surface area contributed by atoms with Crippen molar-refractivity contribution in [3.05, 3.63) is 33.1 Å². The van der Waals surface area contributed by atoms with E-state index in [1.54, 1.807) is 0 Å². The van der Waals surface area contributed by atoms with Gasteiger partial charge in [-0.25, -0.2) is 4.98 Å². The average Bonchev–Trinajstić information content (AvgIpc) is 2.93. The fraction of sp³-hybridized carbons (Fsp3) is 0.500. The van der Waals surface area contributed by atoms with Gasteiger partial charge >= 0.3 is 5.69 Å². The Morgan fingerprint density at radius 3 is 3.05 bits per heavy atom. The van der Waals surface area contributed by atoms with Crippen LogP contribution >= 0.6 is 11.6 Å². The first-order valence-corrected chi connectivity index (χ1v) is 6.57. The number of pyridine rings is 1. The molecule has 2 heterocycles. The largest absolute Gasteiger partial charge is 0.378 e. The number of halogens is 1. The third kappa shape index (κ3) is 3.29. The zero-order valence-electron chi connectivity index (χ0n) is 11.3. The standard InChI is InChI=1S/C12H14ClN3O5/c1-20-12(3-5-21-7-12)6-15-11(17)8-2-4-14-10(13)9(8)16(18)19/h2,4H,3,5-7H2,1H3,(H,15,17). The lowest BCUT2D eigenvalue weighted by atomic mass is 10.0. The van der Waals surface area contributed by atoms with Crippen molar-refractivity contribution in [2.45, 2.75) is 12.0 Å². The van der Waals surface area contributed by atoms with Crippen LogP contribution in [0.2, 0.25) is 5.15 Å². The fourth-order valence-corrected chi connectivity index (χ4v) is 2.31. The van der Waals surface area contributed by atoms with Crippen LogP contribution in [-0.2, 0) is 9.47 Å². The quantitative estimate of drug-likeness (QED) is 0.497. The SMILES string of the molecule is COC1(CNC(=O)c2ccnc(Cl)c2[N+](=O)[O-])CCOC1. The van der Waals surface area contributed by atoms with Gasteiger partial charge in [0.25, 0.3) is 5.91 Å². The zero-order valence-corrected chi connectivity index (χ0v) is 12.1.